The second kappa shape index (κ2) is 7.42. The van der Waals surface area contributed by atoms with Crippen LogP contribution < -0.4 is 5.32 Å². The molecule has 0 aromatic heterocycles. The van der Waals surface area contributed by atoms with Gasteiger partial charge in [0.05, 0.1) is 0 Å². The summed E-state index contributed by atoms with van der Waals surface area (Å²) in [5, 5.41) is 12.9. The summed E-state index contributed by atoms with van der Waals surface area (Å²) in [5.74, 6) is 0.196. The SMILES string of the molecule is CCCC1(Nc2ccccc2)N=NC(SCc2ccccc2)=N1. The van der Waals surface area contributed by atoms with Crippen LogP contribution in [0.25, 0.3) is 0 Å². The number of para-hydroxylation sites is 1. The Hall–Kier alpha value is -2.14. The van der Waals surface area contributed by atoms with Gasteiger partial charge in [0.15, 0.2) is 0 Å². The zero-order valence-electron chi connectivity index (χ0n) is 13.1. The fraction of sp³-hybridized carbons (Fsp3) is 0.278. The summed E-state index contributed by atoms with van der Waals surface area (Å²) in [4.78, 5) is 4.75. The molecule has 0 saturated carbocycles. The van der Waals surface area contributed by atoms with Gasteiger partial charge in [-0.1, -0.05) is 67.2 Å². The summed E-state index contributed by atoms with van der Waals surface area (Å²) in [7, 11) is 0. The molecule has 1 unspecified atom stereocenters. The van der Waals surface area contributed by atoms with Gasteiger partial charge < -0.3 is 5.32 Å². The van der Waals surface area contributed by atoms with E-state index >= 15 is 0 Å². The maximum Gasteiger partial charge on any atom is 0.247 e. The van der Waals surface area contributed by atoms with Crippen molar-refractivity contribution in [1.29, 1.82) is 0 Å². The third kappa shape index (κ3) is 4.20. The molecule has 1 aliphatic rings. The lowest BCUT2D eigenvalue weighted by atomic mass is 10.2. The predicted octanol–water partition coefficient (Wildman–Crippen LogP) is 5.31. The third-order valence-corrected chi connectivity index (χ3v) is 4.42. The molecular weight excluding hydrogens is 304 g/mol. The van der Waals surface area contributed by atoms with Crippen LogP contribution in [0.3, 0.4) is 0 Å². The van der Waals surface area contributed by atoms with Gasteiger partial charge in [-0.15, -0.1) is 10.2 Å². The van der Waals surface area contributed by atoms with E-state index in [2.05, 4.69) is 34.6 Å². The summed E-state index contributed by atoms with van der Waals surface area (Å²) in [6, 6.07) is 20.4. The molecule has 23 heavy (non-hydrogen) atoms. The minimum absolute atomic E-state index is 0.658. The van der Waals surface area contributed by atoms with Gasteiger partial charge >= 0.3 is 0 Å². The van der Waals surface area contributed by atoms with Gasteiger partial charge in [0.2, 0.25) is 11.0 Å². The van der Waals surface area contributed by atoms with Crippen LogP contribution in [-0.2, 0) is 5.75 Å². The first-order chi connectivity index (χ1) is 11.3. The van der Waals surface area contributed by atoms with Crippen molar-refractivity contribution in [2.24, 2.45) is 15.2 Å². The van der Waals surface area contributed by atoms with Crippen LogP contribution in [0.2, 0.25) is 0 Å². The number of hydrogen-bond acceptors (Lipinski definition) is 5. The summed E-state index contributed by atoms with van der Waals surface area (Å²) in [5.41, 5.74) is 2.28. The molecule has 0 saturated heterocycles. The molecule has 0 aliphatic carbocycles. The maximum absolute atomic E-state index is 4.75. The second-order valence-corrected chi connectivity index (χ2v) is 6.37. The number of hydrogen-bond donors (Lipinski definition) is 1. The average molecular weight is 324 g/mol. The number of nitrogens with one attached hydrogen (secondary N) is 1. The molecule has 1 aliphatic heterocycles. The lowest BCUT2D eigenvalue weighted by molar-refractivity contribution is 0.464. The van der Waals surface area contributed by atoms with Gasteiger partial charge in [0.1, 0.15) is 0 Å². The number of rotatable bonds is 6. The lowest BCUT2D eigenvalue weighted by Crippen LogP contribution is -2.32. The first kappa shape index (κ1) is 15.7. The van der Waals surface area contributed by atoms with E-state index in [0.29, 0.717) is 0 Å². The zero-order valence-corrected chi connectivity index (χ0v) is 14.0. The number of benzene rings is 2. The molecule has 3 rings (SSSR count). The lowest BCUT2D eigenvalue weighted by Gasteiger charge is -2.23. The molecule has 0 spiro atoms. The highest BCUT2D eigenvalue weighted by atomic mass is 32.2. The fourth-order valence-corrected chi connectivity index (χ4v) is 3.24. The Labute approximate surface area is 141 Å². The Morgan fingerprint density at radius 2 is 1.70 bits per heavy atom. The van der Waals surface area contributed by atoms with Crippen LogP contribution in [0, 0.1) is 0 Å². The van der Waals surface area contributed by atoms with E-state index in [4.69, 9.17) is 4.99 Å². The maximum atomic E-state index is 4.75. The predicted molar refractivity (Wildman–Crippen MR) is 97.7 cm³/mol. The van der Waals surface area contributed by atoms with Crippen molar-refractivity contribution in [2.45, 2.75) is 31.3 Å². The molecule has 2 aromatic carbocycles. The third-order valence-electron chi connectivity index (χ3n) is 3.51. The molecule has 1 N–H and O–H groups in total. The first-order valence-electron chi connectivity index (χ1n) is 7.82. The van der Waals surface area contributed by atoms with E-state index in [1.807, 2.05) is 48.5 Å². The molecule has 1 heterocycles. The normalized spacial score (nSPS) is 19.6. The average Bonchev–Trinajstić information content (AvgIpc) is 2.98. The molecule has 118 valence electrons. The van der Waals surface area contributed by atoms with Crippen molar-refractivity contribution in [1.82, 2.24) is 0 Å². The largest absolute Gasteiger partial charge is 0.341 e. The Kier molecular flexibility index (Phi) is 5.08. The fourth-order valence-electron chi connectivity index (χ4n) is 2.43. The summed E-state index contributed by atoms with van der Waals surface area (Å²) in [6.07, 6.45) is 1.81. The Morgan fingerprint density at radius 3 is 2.39 bits per heavy atom. The highest BCUT2D eigenvalue weighted by Gasteiger charge is 2.33. The van der Waals surface area contributed by atoms with Crippen molar-refractivity contribution < 1.29 is 0 Å². The number of azo groups is 1. The van der Waals surface area contributed by atoms with Crippen molar-refractivity contribution in [3.63, 3.8) is 0 Å². The topological polar surface area (TPSA) is 49.1 Å². The van der Waals surface area contributed by atoms with Gasteiger partial charge in [-0.2, -0.15) is 0 Å². The van der Waals surface area contributed by atoms with Crippen LogP contribution in [0.1, 0.15) is 25.3 Å². The second-order valence-electron chi connectivity index (χ2n) is 5.43. The van der Waals surface area contributed by atoms with Crippen molar-refractivity contribution in [3.8, 4) is 0 Å². The number of nitrogens with zero attached hydrogens (tertiary/aromatic N) is 3. The number of thioether (sulfide) groups is 1. The van der Waals surface area contributed by atoms with Crippen molar-refractivity contribution >= 4 is 22.6 Å². The molecule has 0 amide bonds. The highest BCUT2D eigenvalue weighted by molar-refractivity contribution is 8.13. The van der Waals surface area contributed by atoms with Crippen LogP contribution in [0.4, 0.5) is 5.69 Å². The summed E-state index contributed by atoms with van der Waals surface area (Å²) in [6.45, 7) is 2.13. The zero-order chi connectivity index (χ0) is 16.0. The van der Waals surface area contributed by atoms with E-state index in [-0.39, 0.29) is 0 Å². The van der Waals surface area contributed by atoms with E-state index in [1.165, 1.54) is 5.56 Å². The monoisotopic (exact) mass is 324 g/mol. The van der Waals surface area contributed by atoms with Gasteiger partial charge in [0, 0.05) is 17.9 Å². The van der Waals surface area contributed by atoms with Gasteiger partial charge in [-0.05, 0) is 24.1 Å². The van der Waals surface area contributed by atoms with Crippen LogP contribution in [0.5, 0.6) is 0 Å². The van der Waals surface area contributed by atoms with E-state index in [9.17, 15) is 0 Å². The van der Waals surface area contributed by atoms with Crippen molar-refractivity contribution in [3.05, 3.63) is 66.2 Å². The highest BCUT2D eigenvalue weighted by Crippen LogP contribution is 2.31. The molecule has 4 nitrogen and oxygen atoms in total. The minimum Gasteiger partial charge on any atom is -0.341 e. The number of anilines is 1. The molecular formula is C18H20N4S. The van der Waals surface area contributed by atoms with E-state index in [1.54, 1.807) is 11.8 Å². The van der Waals surface area contributed by atoms with Crippen LogP contribution in [0.15, 0.2) is 75.9 Å². The van der Waals surface area contributed by atoms with E-state index < -0.39 is 5.79 Å². The van der Waals surface area contributed by atoms with Gasteiger partial charge in [0.25, 0.3) is 0 Å². The quantitative estimate of drug-likeness (QED) is 0.783. The number of aliphatic imine (C=N–C) groups is 1. The molecule has 2 aromatic rings. The summed E-state index contributed by atoms with van der Waals surface area (Å²) >= 11 is 1.63. The molecule has 1 atom stereocenters. The summed E-state index contributed by atoms with van der Waals surface area (Å²) < 4.78 is 0. The van der Waals surface area contributed by atoms with Crippen LogP contribution in [-0.4, -0.2) is 11.0 Å². The Balaban J connectivity index is 1.70. The van der Waals surface area contributed by atoms with Gasteiger partial charge in [-0.3, -0.25) is 0 Å². The molecule has 0 bridgehead atoms. The number of amidine groups is 1. The molecule has 0 fully saturated rings. The Morgan fingerprint density at radius 1 is 1.00 bits per heavy atom. The minimum atomic E-state index is -0.658. The van der Waals surface area contributed by atoms with Gasteiger partial charge in [-0.25, -0.2) is 4.99 Å². The van der Waals surface area contributed by atoms with Crippen LogP contribution >= 0.6 is 11.8 Å². The Bertz CT molecular complexity index is 685. The standard InChI is InChI=1S/C18H20N4S/c1-2-13-18(19-16-11-7-4-8-12-16)20-17(21-22-18)23-14-15-9-5-3-6-10-15/h3-12,19H,2,13-14H2,1H3. The smallest absolute Gasteiger partial charge is 0.247 e. The van der Waals surface area contributed by atoms with E-state index in [0.717, 1.165) is 29.4 Å². The first-order valence-corrected chi connectivity index (χ1v) is 8.81. The van der Waals surface area contributed by atoms with Crippen molar-refractivity contribution in [2.75, 3.05) is 5.32 Å². The molecule has 0 radical (unpaired) electrons. The molecule has 5 heteroatoms.